The van der Waals surface area contributed by atoms with Crippen molar-refractivity contribution in [1.82, 2.24) is 5.32 Å². The molecule has 0 heterocycles. The lowest BCUT2D eigenvalue weighted by Gasteiger charge is -2.27. The fourth-order valence-electron chi connectivity index (χ4n) is 1.99. The van der Waals surface area contributed by atoms with Gasteiger partial charge in [-0.1, -0.05) is 26.8 Å². The number of aliphatic hydroxyl groups excluding tert-OH is 1. The van der Waals surface area contributed by atoms with Gasteiger partial charge in [0.15, 0.2) is 0 Å². The van der Waals surface area contributed by atoms with Crippen molar-refractivity contribution in [2.24, 2.45) is 5.41 Å². The molecular weight excluding hydrogens is 280 g/mol. The van der Waals surface area contributed by atoms with Gasteiger partial charge in [0.05, 0.1) is 18.9 Å². The highest BCUT2D eigenvalue weighted by Gasteiger charge is 2.22. The SMILES string of the molecule is COc1ccc(C(C)NCC(O)C(C)(C)C)cc1NC(C)=O. The second kappa shape index (κ2) is 7.61. The van der Waals surface area contributed by atoms with Crippen molar-refractivity contribution in [2.75, 3.05) is 19.0 Å². The standard InChI is InChI=1S/C17H28N2O3/c1-11(18-10-16(21)17(3,4)5)13-7-8-15(22-6)14(9-13)19-12(2)20/h7-9,11,16,18,21H,10H2,1-6H3,(H,19,20). The van der Waals surface area contributed by atoms with Crippen LogP contribution in [-0.2, 0) is 4.79 Å². The molecule has 0 aliphatic rings. The number of hydrogen-bond acceptors (Lipinski definition) is 4. The zero-order chi connectivity index (χ0) is 16.9. The second-order valence-electron chi connectivity index (χ2n) is 6.65. The van der Waals surface area contributed by atoms with Crippen molar-refractivity contribution >= 4 is 11.6 Å². The summed E-state index contributed by atoms with van der Waals surface area (Å²) in [7, 11) is 1.57. The van der Waals surface area contributed by atoms with E-state index >= 15 is 0 Å². The first-order valence-electron chi connectivity index (χ1n) is 7.52. The van der Waals surface area contributed by atoms with E-state index in [0.717, 1.165) is 5.56 Å². The molecule has 1 amide bonds. The lowest BCUT2D eigenvalue weighted by Crippen LogP contribution is -2.37. The predicted octanol–water partition coefficient (Wildman–Crippen LogP) is 2.71. The van der Waals surface area contributed by atoms with Crippen molar-refractivity contribution in [3.63, 3.8) is 0 Å². The molecule has 0 saturated heterocycles. The zero-order valence-electron chi connectivity index (χ0n) is 14.4. The number of carbonyl (C=O) groups excluding carboxylic acids is 1. The van der Waals surface area contributed by atoms with Crippen molar-refractivity contribution in [2.45, 2.75) is 46.8 Å². The van der Waals surface area contributed by atoms with E-state index < -0.39 is 6.10 Å². The van der Waals surface area contributed by atoms with Gasteiger partial charge in [-0.25, -0.2) is 0 Å². The molecule has 0 saturated carbocycles. The molecule has 2 atom stereocenters. The maximum absolute atomic E-state index is 11.3. The van der Waals surface area contributed by atoms with Gasteiger partial charge in [0.1, 0.15) is 5.75 Å². The van der Waals surface area contributed by atoms with Gasteiger partial charge in [-0.2, -0.15) is 0 Å². The molecule has 0 spiro atoms. The quantitative estimate of drug-likeness (QED) is 0.755. The van der Waals surface area contributed by atoms with Crippen LogP contribution in [0, 0.1) is 5.41 Å². The summed E-state index contributed by atoms with van der Waals surface area (Å²) in [6.07, 6.45) is -0.428. The molecule has 1 aromatic rings. The molecule has 0 bridgehead atoms. The summed E-state index contributed by atoms with van der Waals surface area (Å²) in [5.74, 6) is 0.486. The molecule has 3 N–H and O–H groups in total. The first-order chi connectivity index (χ1) is 10.1. The number of hydrogen-bond donors (Lipinski definition) is 3. The van der Waals surface area contributed by atoms with Crippen LogP contribution in [0.3, 0.4) is 0 Å². The second-order valence-corrected chi connectivity index (χ2v) is 6.65. The number of carbonyl (C=O) groups is 1. The smallest absolute Gasteiger partial charge is 0.221 e. The predicted molar refractivity (Wildman–Crippen MR) is 89.2 cm³/mol. The molecule has 1 aromatic carbocycles. The minimum absolute atomic E-state index is 0.0513. The van der Waals surface area contributed by atoms with E-state index in [4.69, 9.17) is 4.74 Å². The molecule has 0 radical (unpaired) electrons. The number of ether oxygens (including phenoxy) is 1. The summed E-state index contributed by atoms with van der Waals surface area (Å²) < 4.78 is 5.25. The van der Waals surface area contributed by atoms with E-state index in [2.05, 4.69) is 10.6 Å². The minimum Gasteiger partial charge on any atom is -0.495 e. The van der Waals surface area contributed by atoms with Crippen molar-refractivity contribution in [3.8, 4) is 5.75 Å². The summed E-state index contributed by atoms with van der Waals surface area (Å²) >= 11 is 0. The lowest BCUT2D eigenvalue weighted by atomic mass is 9.89. The molecule has 0 aliphatic carbocycles. The van der Waals surface area contributed by atoms with E-state index in [9.17, 15) is 9.90 Å². The molecule has 1 rings (SSSR count). The normalized spacial score (nSPS) is 14.3. The van der Waals surface area contributed by atoms with Gasteiger partial charge in [0, 0.05) is 19.5 Å². The maximum atomic E-state index is 11.3. The number of anilines is 1. The molecule has 124 valence electrons. The molecule has 22 heavy (non-hydrogen) atoms. The van der Waals surface area contributed by atoms with Crippen LogP contribution in [0.15, 0.2) is 18.2 Å². The van der Waals surface area contributed by atoms with E-state index in [0.29, 0.717) is 18.0 Å². The van der Waals surface area contributed by atoms with Gasteiger partial charge >= 0.3 is 0 Å². The summed E-state index contributed by atoms with van der Waals surface area (Å²) in [4.78, 5) is 11.3. The van der Waals surface area contributed by atoms with Crippen molar-refractivity contribution in [1.29, 1.82) is 0 Å². The molecule has 5 nitrogen and oxygen atoms in total. The minimum atomic E-state index is -0.428. The Kier molecular flexibility index (Phi) is 6.38. The number of rotatable bonds is 6. The average molecular weight is 308 g/mol. The van der Waals surface area contributed by atoms with E-state index in [-0.39, 0.29) is 17.4 Å². The summed E-state index contributed by atoms with van der Waals surface area (Å²) in [6.45, 7) is 10.0. The third kappa shape index (κ3) is 5.31. The zero-order valence-corrected chi connectivity index (χ0v) is 14.4. The van der Waals surface area contributed by atoms with Crippen molar-refractivity contribution in [3.05, 3.63) is 23.8 Å². The van der Waals surface area contributed by atoms with E-state index in [1.807, 2.05) is 45.9 Å². The molecule has 0 aromatic heterocycles. The van der Waals surface area contributed by atoms with Gasteiger partial charge in [0.2, 0.25) is 5.91 Å². The Hall–Kier alpha value is -1.59. The van der Waals surface area contributed by atoms with Crippen LogP contribution >= 0.6 is 0 Å². The van der Waals surface area contributed by atoms with Crippen LogP contribution in [0.25, 0.3) is 0 Å². The molecular formula is C17H28N2O3. The highest BCUT2D eigenvalue weighted by Crippen LogP contribution is 2.28. The summed E-state index contributed by atoms with van der Waals surface area (Å²) in [6, 6.07) is 5.72. The fraction of sp³-hybridized carbons (Fsp3) is 0.588. The van der Waals surface area contributed by atoms with Gasteiger partial charge in [-0.15, -0.1) is 0 Å². The Labute approximate surface area is 133 Å². The highest BCUT2D eigenvalue weighted by molar-refractivity contribution is 5.90. The third-order valence-corrected chi connectivity index (χ3v) is 3.65. The molecule has 0 fully saturated rings. The van der Waals surface area contributed by atoms with Gasteiger partial charge < -0.3 is 20.5 Å². The van der Waals surface area contributed by atoms with E-state index in [1.165, 1.54) is 6.92 Å². The van der Waals surface area contributed by atoms with Crippen LogP contribution in [-0.4, -0.2) is 30.8 Å². The van der Waals surface area contributed by atoms with Crippen LogP contribution < -0.4 is 15.4 Å². The van der Waals surface area contributed by atoms with Gasteiger partial charge in [-0.05, 0) is 30.0 Å². The maximum Gasteiger partial charge on any atom is 0.221 e. The number of amides is 1. The highest BCUT2D eigenvalue weighted by atomic mass is 16.5. The monoisotopic (exact) mass is 308 g/mol. The number of aliphatic hydroxyl groups is 1. The Morgan fingerprint density at radius 1 is 1.36 bits per heavy atom. The molecule has 0 aliphatic heterocycles. The van der Waals surface area contributed by atoms with Crippen LogP contribution in [0.5, 0.6) is 5.75 Å². The van der Waals surface area contributed by atoms with Gasteiger partial charge in [0.25, 0.3) is 0 Å². The van der Waals surface area contributed by atoms with Crippen LogP contribution in [0.4, 0.5) is 5.69 Å². The van der Waals surface area contributed by atoms with Crippen molar-refractivity contribution < 1.29 is 14.6 Å². The fourth-order valence-corrected chi connectivity index (χ4v) is 1.99. The van der Waals surface area contributed by atoms with E-state index in [1.54, 1.807) is 7.11 Å². The first kappa shape index (κ1) is 18.5. The van der Waals surface area contributed by atoms with Crippen LogP contribution in [0.1, 0.15) is 46.2 Å². The first-order valence-corrected chi connectivity index (χ1v) is 7.52. The Morgan fingerprint density at radius 2 is 2.00 bits per heavy atom. The number of nitrogens with one attached hydrogen (secondary N) is 2. The molecule has 2 unspecified atom stereocenters. The third-order valence-electron chi connectivity index (χ3n) is 3.65. The largest absolute Gasteiger partial charge is 0.495 e. The topological polar surface area (TPSA) is 70.6 Å². The Balaban J connectivity index is 2.81. The van der Waals surface area contributed by atoms with Gasteiger partial charge in [-0.3, -0.25) is 4.79 Å². The lowest BCUT2D eigenvalue weighted by molar-refractivity contribution is -0.114. The number of methoxy groups -OCH3 is 1. The molecule has 5 heteroatoms. The Bertz CT molecular complexity index is 509. The van der Waals surface area contributed by atoms with Crippen LogP contribution in [0.2, 0.25) is 0 Å². The number of benzene rings is 1. The average Bonchev–Trinajstić information content (AvgIpc) is 2.42. The Morgan fingerprint density at radius 3 is 2.50 bits per heavy atom. The summed E-state index contributed by atoms with van der Waals surface area (Å²) in [5.41, 5.74) is 1.51. The summed E-state index contributed by atoms with van der Waals surface area (Å²) in [5, 5.41) is 16.2.